The average molecular weight is 183 g/mol. The van der Waals surface area contributed by atoms with E-state index in [1.807, 2.05) is 13.1 Å². The highest BCUT2D eigenvalue weighted by molar-refractivity contribution is 7.99. The van der Waals surface area contributed by atoms with E-state index in [0.29, 0.717) is 0 Å². The van der Waals surface area contributed by atoms with Crippen LogP contribution < -0.4 is 4.90 Å². The molecule has 0 N–H and O–H groups in total. The molecule has 1 aliphatic rings. The van der Waals surface area contributed by atoms with Crippen LogP contribution in [0.15, 0.2) is 23.1 Å². The van der Waals surface area contributed by atoms with Crippen molar-refractivity contribution in [1.82, 2.24) is 0 Å². The van der Waals surface area contributed by atoms with Gasteiger partial charge in [-0.15, -0.1) is 11.8 Å². The average Bonchev–Trinajstić information content (AvgIpc) is 2.04. The van der Waals surface area contributed by atoms with E-state index in [0.717, 1.165) is 22.9 Å². The van der Waals surface area contributed by atoms with Crippen LogP contribution in [0.2, 0.25) is 0 Å². The van der Waals surface area contributed by atoms with Gasteiger partial charge in [-0.2, -0.15) is 0 Å². The second kappa shape index (κ2) is 2.98. The Morgan fingerprint density at radius 2 is 2.33 bits per heavy atom. The highest BCUT2D eigenvalue weighted by Gasteiger charge is 2.13. The Morgan fingerprint density at radius 1 is 1.50 bits per heavy atom. The van der Waals surface area contributed by atoms with E-state index in [4.69, 9.17) is 0 Å². The van der Waals surface area contributed by atoms with Gasteiger partial charge >= 0.3 is 0 Å². The minimum atomic E-state index is -0.142. The molecular weight excluding hydrogens is 173 g/mol. The predicted octanol–water partition coefficient (Wildman–Crippen LogP) is 2.37. The fourth-order valence-electron chi connectivity index (χ4n) is 1.33. The standard InChI is InChI=1S/C9H10FNS/c1-11-4-5-12-9-6-7(10)2-3-8(9)11/h2-3,6H,4-5H2,1H3. The van der Waals surface area contributed by atoms with Gasteiger partial charge in [0.25, 0.3) is 0 Å². The summed E-state index contributed by atoms with van der Waals surface area (Å²) in [5, 5.41) is 0. The Kier molecular flexibility index (Phi) is 1.97. The van der Waals surface area contributed by atoms with Crippen LogP contribution in [0.1, 0.15) is 0 Å². The number of fused-ring (bicyclic) bond motifs is 1. The van der Waals surface area contributed by atoms with Crippen molar-refractivity contribution in [3.8, 4) is 0 Å². The van der Waals surface area contributed by atoms with Crippen LogP contribution in [0.5, 0.6) is 0 Å². The third-order valence-corrected chi connectivity index (χ3v) is 3.04. The number of rotatable bonds is 0. The van der Waals surface area contributed by atoms with E-state index in [1.165, 1.54) is 6.07 Å². The zero-order valence-corrected chi connectivity index (χ0v) is 7.70. The Labute approximate surface area is 75.6 Å². The predicted molar refractivity (Wildman–Crippen MR) is 50.4 cm³/mol. The molecule has 0 saturated heterocycles. The van der Waals surface area contributed by atoms with Gasteiger partial charge in [-0.1, -0.05) is 0 Å². The van der Waals surface area contributed by atoms with E-state index < -0.39 is 0 Å². The topological polar surface area (TPSA) is 3.24 Å². The summed E-state index contributed by atoms with van der Waals surface area (Å²) >= 11 is 1.72. The van der Waals surface area contributed by atoms with Crippen LogP contribution in [0.4, 0.5) is 10.1 Å². The first-order valence-corrected chi connectivity index (χ1v) is 4.89. The van der Waals surface area contributed by atoms with Crippen LogP contribution in [-0.2, 0) is 0 Å². The van der Waals surface area contributed by atoms with Crippen LogP contribution in [-0.4, -0.2) is 19.3 Å². The molecule has 1 heterocycles. The zero-order chi connectivity index (χ0) is 8.55. The number of hydrogen-bond acceptors (Lipinski definition) is 2. The molecule has 12 heavy (non-hydrogen) atoms. The van der Waals surface area contributed by atoms with Crippen molar-refractivity contribution in [2.24, 2.45) is 0 Å². The van der Waals surface area contributed by atoms with Crippen molar-refractivity contribution < 1.29 is 4.39 Å². The van der Waals surface area contributed by atoms with E-state index in [2.05, 4.69) is 4.90 Å². The molecule has 1 nitrogen and oxygen atoms in total. The summed E-state index contributed by atoms with van der Waals surface area (Å²) in [6, 6.07) is 4.97. The van der Waals surface area contributed by atoms with E-state index in [9.17, 15) is 4.39 Å². The summed E-state index contributed by atoms with van der Waals surface area (Å²) < 4.78 is 12.8. The SMILES string of the molecule is CN1CCSc2cc(F)ccc21. The fraction of sp³-hybridized carbons (Fsp3) is 0.333. The second-order valence-electron chi connectivity index (χ2n) is 2.88. The molecule has 3 heteroatoms. The molecule has 0 amide bonds. The van der Waals surface area contributed by atoms with Crippen molar-refractivity contribution in [3.63, 3.8) is 0 Å². The summed E-state index contributed by atoms with van der Waals surface area (Å²) in [4.78, 5) is 3.22. The van der Waals surface area contributed by atoms with E-state index in [1.54, 1.807) is 17.8 Å². The minimum absolute atomic E-state index is 0.142. The van der Waals surface area contributed by atoms with Crippen LogP contribution in [0, 0.1) is 5.82 Å². The minimum Gasteiger partial charge on any atom is -0.373 e. The van der Waals surface area contributed by atoms with Crippen LogP contribution in [0.25, 0.3) is 0 Å². The first-order valence-electron chi connectivity index (χ1n) is 3.91. The van der Waals surface area contributed by atoms with Gasteiger partial charge in [0, 0.05) is 24.2 Å². The number of anilines is 1. The van der Waals surface area contributed by atoms with Gasteiger partial charge in [-0.05, 0) is 18.2 Å². The molecule has 0 aliphatic carbocycles. The van der Waals surface area contributed by atoms with Gasteiger partial charge < -0.3 is 4.90 Å². The lowest BCUT2D eigenvalue weighted by atomic mass is 10.3. The first kappa shape index (κ1) is 7.92. The molecular formula is C9H10FNS. The number of hydrogen-bond donors (Lipinski definition) is 0. The smallest absolute Gasteiger partial charge is 0.124 e. The number of thioether (sulfide) groups is 1. The maximum absolute atomic E-state index is 12.8. The highest BCUT2D eigenvalue weighted by Crippen LogP contribution is 2.33. The Morgan fingerprint density at radius 3 is 3.17 bits per heavy atom. The van der Waals surface area contributed by atoms with Gasteiger partial charge in [-0.3, -0.25) is 0 Å². The lowest BCUT2D eigenvalue weighted by Crippen LogP contribution is -2.24. The van der Waals surface area contributed by atoms with Crippen molar-refractivity contribution in [2.45, 2.75) is 4.90 Å². The second-order valence-corrected chi connectivity index (χ2v) is 4.02. The highest BCUT2D eigenvalue weighted by atomic mass is 32.2. The third kappa shape index (κ3) is 1.29. The van der Waals surface area contributed by atoms with Crippen molar-refractivity contribution in [2.75, 3.05) is 24.2 Å². The molecule has 0 fully saturated rings. The van der Waals surface area contributed by atoms with Crippen molar-refractivity contribution in [1.29, 1.82) is 0 Å². The monoisotopic (exact) mass is 183 g/mol. The Hall–Kier alpha value is -0.700. The zero-order valence-electron chi connectivity index (χ0n) is 6.88. The molecule has 0 atom stereocenters. The number of benzene rings is 1. The van der Waals surface area contributed by atoms with Crippen molar-refractivity contribution >= 4 is 17.4 Å². The van der Waals surface area contributed by atoms with E-state index >= 15 is 0 Å². The summed E-state index contributed by atoms with van der Waals surface area (Å²) in [5.41, 5.74) is 1.15. The fourth-order valence-corrected chi connectivity index (χ4v) is 2.48. The quantitative estimate of drug-likeness (QED) is 0.607. The molecule has 2 rings (SSSR count). The summed E-state index contributed by atoms with van der Waals surface area (Å²) in [5.74, 6) is 0.906. The lowest BCUT2D eigenvalue weighted by molar-refractivity contribution is 0.623. The van der Waals surface area contributed by atoms with Crippen molar-refractivity contribution in [3.05, 3.63) is 24.0 Å². The van der Waals surface area contributed by atoms with Gasteiger partial charge in [0.15, 0.2) is 0 Å². The van der Waals surface area contributed by atoms with Crippen LogP contribution >= 0.6 is 11.8 Å². The molecule has 0 unspecified atom stereocenters. The number of halogens is 1. The third-order valence-electron chi connectivity index (χ3n) is 2.02. The molecule has 0 aromatic heterocycles. The normalized spacial score (nSPS) is 16.0. The van der Waals surface area contributed by atoms with Gasteiger partial charge in [0.1, 0.15) is 5.82 Å². The van der Waals surface area contributed by atoms with Gasteiger partial charge in [0.05, 0.1) is 5.69 Å². The van der Waals surface area contributed by atoms with Gasteiger partial charge in [-0.25, -0.2) is 4.39 Å². The lowest BCUT2D eigenvalue weighted by Gasteiger charge is -2.26. The molecule has 1 aromatic carbocycles. The molecule has 64 valence electrons. The molecule has 0 bridgehead atoms. The molecule has 0 spiro atoms. The largest absolute Gasteiger partial charge is 0.373 e. The Bertz CT molecular complexity index is 301. The summed E-state index contributed by atoms with van der Waals surface area (Å²) in [7, 11) is 2.04. The molecule has 1 aromatic rings. The summed E-state index contributed by atoms with van der Waals surface area (Å²) in [6.45, 7) is 1.04. The first-order chi connectivity index (χ1) is 5.77. The Balaban J connectivity index is 2.46. The maximum Gasteiger partial charge on any atom is 0.124 e. The van der Waals surface area contributed by atoms with E-state index in [-0.39, 0.29) is 5.82 Å². The molecule has 0 saturated carbocycles. The number of nitrogens with zero attached hydrogens (tertiary/aromatic N) is 1. The maximum atomic E-state index is 12.8. The molecule has 1 aliphatic heterocycles. The van der Waals surface area contributed by atoms with Gasteiger partial charge in [0.2, 0.25) is 0 Å². The molecule has 0 radical (unpaired) electrons. The van der Waals surface area contributed by atoms with Crippen LogP contribution in [0.3, 0.4) is 0 Å². The summed E-state index contributed by atoms with van der Waals surface area (Å²) in [6.07, 6.45) is 0.